The van der Waals surface area contributed by atoms with Crippen molar-refractivity contribution in [1.82, 2.24) is 5.32 Å². The summed E-state index contributed by atoms with van der Waals surface area (Å²) in [6, 6.07) is 9.30. The van der Waals surface area contributed by atoms with E-state index in [0.29, 0.717) is 12.1 Å². The lowest BCUT2D eigenvalue weighted by atomic mass is 9.97. The van der Waals surface area contributed by atoms with E-state index in [1.54, 1.807) is 0 Å². The summed E-state index contributed by atoms with van der Waals surface area (Å²) >= 11 is 3.45. The minimum absolute atomic E-state index is 0.285. The topological polar surface area (TPSA) is 12.0 Å². The molecule has 0 radical (unpaired) electrons. The molecule has 106 valence electrons. The summed E-state index contributed by atoms with van der Waals surface area (Å²) in [5, 5.41) is 3.24. The molecule has 20 heavy (non-hydrogen) atoms. The maximum atomic E-state index is 14.0. The van der Waals surface area contributed by atoms with Gasteiger partial charge in [-0.05, 0) is 36.7 Å². The van der Waals surface area contributed by atoms with Crippen molar-refractivity contribution in [2.45, 2.75) is 19.9 Å². The molecule has 2 aromatic rings. The van der Waals surface area contributed by atoms with Crippen molar-refractivity contribution in [3.8, 4) is 0 Å². The van der Waals surface area contributed by atoms with Gasteiger partial charge in [-0.3, -0.25) is 0 Å². The number of benzene rings is 2. The molecule has 4 heteroatoms. The molecule has 0 saturated heterocycles. The van der Waals surface area contributed by atoms with Crippen molar-refractivity contribution >= 4 is 15.9 Å². The third-order valence-corrected chi connectivity index (χ3v) is 4.09. The van der Waals surface area contributed by atoms with Crippen LogP contribution in [0.3, 0.4) is 0 Å². The van der Waals surface area contributed by atoms with Gasteiger partial charge < -0.3 is 5.32 Å². The SMILES string of the molecule is CCNC(c1ccc(Br)c(C)c1)c1ccc(F)cc1F. The summed E-state index contributed by atoms with van der Waals surface area (Å²) in [6.07, 6.45) is 0. The predicted molar refractivity (Wildman–Crippen MR) is 80.8 cm³/mol. The van der Waals surface area contributed by atoms with Gasteiger partial charge in [0.2, 0.25) is 0 Å². The van der Waals surface area contributed by atoms with E-state index in [0.717, 1.165) is 21.7 Å². The Morgan fingerprint density at radius 1 is 1.15 bits per heavy atom. The summed E-state index contributed by atoms with van der Waals surface area (Å²) in [5.41, 5.74) is 2.49. The molecular formula is C16H16BrF2N. The van der Waals surface area contributed by atoms with Gasteiger partial charge in [0.15, 0.2) is 0 Å². The smallest absolute Gasteiger partial charge is 0.131 e. The summed E-state index contributed by atoms with van der Waals surface area (Å²) in [6.45, 7) is 4.63. The molecule has 2 aromatic carbocycles. The van der Waals surface area contributed by atoms with Crippen LogP contribution in [0.2, 0.25) is 0 Å². The summed E-state index contributed by atoms with van der Waals surface area (Å²) in [4.78, 5) is 0. The molecule has 0 aliphatic carbocycles. The van der Waals surface area contributed by atoms with Crippen molar-refractivity contribution in [2.24, 2.45) is 0 Å². The lowest BCUT2D eigenvalue weighted by molar-refractivity contribution is 0.541. The molecule has 0 saturated carbocycles. The monoisotopic (exact) mass is 339 g/mol. The number of aryl methyl sites for hydroxylation is 1. The Balaban J connectivity index is 2.47. The maximum absolute atomic E-state index is 14.0. The Bertz CT molecular complexity index is 613. The number of hydrogen-bond acceptors (Lipinski definition) is 1. The first-order valence-corrected chi connectivity index (χ1v) is 7.26. The van der Waals surface area contributed by atoms with Gasteiger partial charge in [0.1, 0.15) is 11.6 Å². The van der Waals surface area contributed by atoms with Gasteiger partial charge in [-0.25, -0.2) is 8.78 Å². The standard InChI is InChI=1S/C16H16BrF2N/c1-3-20-16(11-4-7-14(17)10(2)8-11)13-6-5-12(18)9-15(13)19/h4-9,16,20H,3H2,1-2H3. The Hall–Kier alpha value is -1.26. The second kappa shape index (κ2) is 6.46. The lowest BCUT2D eigenvalue weighted by Gasteiger charge is -2.20. The van der Waals surface area contributed by atoms with Gasteiger partial charge in [-0.15, -0.1) is 0 Å². The van der Waals surface area contributed by atoms with Crippen LogP contribution in [0.4, 0.5) is 8.78 Å². The highest BCUT2D eigenvalue weighted by molar-refractivity contribution is 9.10. The molecular weight excluding hydrogens is 324 g/mol. The molecule has 0 fully saturated rings. The van der Waals surface area contributed by atoms with Crippen molar-refractivity contribution in [3.63, 3.8) is 0 Å². The van der Waals surface area contributed by atoms with E-state index in [1.165, 1.54) is 12.1 Å². The molecule has 0 aromatic heterocycles. The van der Waals surface area contributed by atoms with Crippen LogP contribution in [0.1, 0.15) is 29.7 Å². The Kier molecular flexibility index (Phi) is 4.89. The van der Waals surface area contributed by atoms with Crippen molar-refractivity contribution in [2.75, 3.05) is 6.54 Å². The highest BCUT2D eigenvalue weighted by Gasteiger charge is 2.18. The zero-order chi connectivity index (χ0) is 14.7. The summed E-state index contributed by atoms with van der Waals surface area (Å²) in [7, 11) is 0. The van der Waals surface area contributed by atoms with Gasteiger partial charge in [0.05, 0.1) is 6.04 Å². The van der Waals surface area contributed by atoms with E-state index in [9.17, 15) is 8.78 Å². The van der Waals surface area contributed by atoms with Gasteiger partial charge in [0.25, 0.3) is 0 Å². The predicted octanol–water partition coefficient (Wildman–Crippen LogP) is 4.73. The fourth-order valence-corrected chi connectivity index (χ4v) is 2.44. The van der Waals surface area contributed by atoms with Gasteiger partial charge in [-0.1, -0.05) is 41.1 Å². The third-order valence-electron chi connectivity index (χ3n) is 3.20. The Morgan fingerprint density at radius 2 is 1.90 bits per heavy atom. The van der Waals surface area contributed by atoms with Crippen LogP contribution in [0.5, 0.6) is 0 Å². The summed E-state index contributed by atoms with van der Waals surface area (Å²) in [5.74, 6) is -1.09. The highest BCUT2D eigenvalue weighted by atomic mass is 79.9. The number of halogens is 3. The molecule has 0 spiro atoms. The van der Waals surface area contributed by atoms with Crippen LogP contribution < -0.4 is 5.32 Å². The van der Waals surface area contributed by atoms with Gasteiger partial charge >= 0.3 is 0 Å². The summed E-state index contributed by atoms with van der Waals surface area (Å²) < 4.78 is 28.1. The average Bonchev–Trinajstić information content (AvgIpc) is 2.40. The van der Waals surface area contributed by atoms with Crippen molar-refractivity contribution in [1.29, 1.82) is 0 Å². The molecule has 0 aliphatic rings. The second-order valence-corrected chi connectivity index (χ2v) is 5.52. The fourth-order valence-electron chi connectivity index (χ4n) is 2.19. The molecule has 0 bridgehead atoms. The van der Waals surface area contributed by atoms with E-state index in [1.807, 2.05) is 32.0 Å². The molecule has 1 atom stereocenters. The minimum atomic E-state index is -0.562. The zero-order valence-corrected chi connectivity index (χ0v) is 13.0. The number of nitrogens with one attached hydrogen (secondary N) is 1. The molecule has 0 aliphatic heterocycles. The van der Waals surface area contributed by atoms with Crippen molar-refractivity contribution < 1.29 is 8.78 Å². The molecule has 1 unspecified atom stereocenters. The van der Waals surface area contributed by atoms with Crippen LogP contribution in [0.15, 0.2) is 40.9 Å². The quantitative estimate of drug-likeness (QED) is 0.848. The second-order valence-electron chi connectivity index (χ2n) is 4.67. The van der Waals surface area contributed by atoms with E-state index < -0.39 is 11.6 Å². The largest absolute Gasteiger partial charge is 0.306 e. The normalized spacial score (nSPS) is 12.4. The lowest BCUT2D eigenvalue weighted by Crippen LogP contribution is -2.23. The molecule has 0 amide bonds. The van der Waals surface area contributed by atoms with Crippen LogP contribution >= 0.6 is 15.9 Å². The minimum Gasteiger partial charge on any atom is -0.306 e. The first kappa shape index (κ1) is 15.1. The van der Waals surface area contributed by atoms with Gasteiger partial charge in [0, 0.05) is 16.1 Å². The van der Waals surface area contributed by atoms with E-state index in [-0.39, 0.29) is 6.04 Å². The highest BCUT2D eigenvalue weighted by Crippen LogP contribution is 2.28. The third kappa shape index (κ3) is 3.25. The average molecular weight is 340 g/mol. The van der Waals surface area contributed by atoms with Crippen LogP contribution in [-0.4, -0.2) is 6.54 Å². The zero-order valence-electron chi connectivity index (χ0n) is 11.4. The van der Waals surface area contributed by atoms with Crippen LogP contribution in [0, 0.1) is 18.6 Å². The van der Waals surface area contributed by atoms with E-state index in [4.69, 9.17) is 0 Å². The molecule has 1 nitrogen and oxygen atoms in total. The van der Waals surface area contributed by atoms with E-state index >= 15 is 0 Å². The molecule has 1 N–H and O–H groups in total. The Labute approximate surface area is 126 Å². The molecule has 0 heterocycles. The van der Waals surface area contributed by atoms with Gasteiger partial charge in [-0.2, -0.15) is 0 Å². The maximum Gasteiger partial charge on any atom is 0.131 e. The van der Waals surface area contributed by atoms with Crippen molar-refractivity contribution in [3.05, 3.63) is 69.2 Å². The van der Waals surface area contributed by atoms with Crippen LogP contribution in [0.25, 0.3) is 0 Å². The Morgan fingerprint density at radius 3 is 2.50 bits per heavy atom. The van der Waals surface area contributed by atoms with E-state index in [2.05, 4.69) is 21.2 Å². The molecule has 2 rings (SSSR count). The fraction of sp³-hybridized carbons (Fsp3) is 0.250. The number of rotatable bonds is 4. The number of hydrogen-bond donors (Lipinski definition) is 1. The van der Waals surface area contributed by atoms with Crippen LogP contribution in [-0.2, 0) is 0 Å². The first-order chi connectivity index (χ1) is 9.52. The first-order valence-electron chi connectivity index (χ1n) is 6.47.